The third-order valence-corrected chi connectivity index (χ3v) is 4.38. The second kappa shape index (κ2) is 6.96. The van der Waals surface area contributed by atoms with Crippen molar-refractivity contribution < 1.29 is 9.59 Å². The molecule has 0 radical (unpaired) electrons. The van der Waals surface area contributed by atoms with Gasteiger partial charge in [0, 0.05) is 31.2 Å². The summed E-state index contributed by atoms with van der Waals surface area (Å²) in [5.74, 6) is -0.415. The number of aryl methyl sites for hydroxylation is 1. The van der Waals surface area contributed by atoms with E-state index in [9.17, 15) is 9.59 Å². The van der Waals surface area contributed by atoms with Crippen LogP contribution in [0, 0.1) is 0 Å². The molecule has 2 heterocycles. The average molecular weight is 330 g/mol. The first-order chi connectivity index (χ1) is 11.6. The molecule has 3 rings (SSSR count). The van der Waals surface area contributed by atoms with Crippen molar-refractivity contribution in [3.05, 3.63) is 23.8 Å². The normalized spacial score (nSPS) is 16.4. The number of fused-ring (bicyclic) bond motifs is 1. The minimum absolute atomic E-state index is 0.101. The van der Waals surface area contributed by atoms with Gasteiger partial charge in [-0.3, -0.25) is 14.5 Å². The maximum atomic E-state index is 12.4. The Balaban J connectivity index is 1.60. The zero-order chi connectivity index (χ0) is 17.1. The molecule has 0 saturated carbocycles. The molecule has 1 aliphatic rings. The number of hydrogen-bond donors (Lipinski definition) is 2. The molecular formula is C16H22N6O2. The number of primary amides is 1. The molecule has 2 amide bonds. The molecule has 24 heavy (non-hydrogen) atoms. The van der Waals surface area contributed by atoms with E-state index in [0.717, 1.165) is 43.5 Å². The molecule has 2 aromatic rings. The predicted octanol–water partition coefficient (Wildman–Crippen LogP) is 0.131. The lowest BCUT2D eigenvalue weighted by Crippen LogP contribution is -2.46. The number of piperidine rings is 1. The second-order valence-corrected chi connectivity index (χ2v) is 6.10. The highest BCUT2D eigenvalue weighted by Crippen LogP contribution is 2.15. The van der Waals surface area contributed by atoms with Crippen LogP contribution >= 0.6 is 0 Å². The van der Waals surface area contributed by atoms with Gasteiger partial charge in [0.1, 0.15) is 5.52 Å². The summed E-state index contributed by atoms with van der Waals surface area (Å²) in [5.41, 5.74) is 7.44. The van der Waals surface area contributed by atoms with Crippen LogP contribution in [0.15, 0.2) is 18.2 Å². The van der Waals surface area contributed by atoms with Crippen molar-refractivity contribution in [2.75, 3.05) is 19.6 Å². The summed E-state index contributed by atoms with van der Waals surface area (Å²) in [4.78, 5) is 25.4. The first kappa shape index (κ1) is 16.4. The van der Waals surface area contributed by atoms with Crippen molar-refractivity contribution in [3.8, 4) is 0 Å². The summed E-state index contributed by atoms with van der Waals surface area (Å²) in [7, 11) is 0. The Bertz CT molecular complexity index is 748. The van der Waals surface area contributed by atoms with Crippen LogP contribution in [0.3, 0.4) is 0 Å². The van der Waals surface area contributed by atoms with Crippen LogP contribution in [0.2, 0.25) is 0 Å². The van der Waals surface area contributed by atoms with Crippen molar-refractivity contribution in [2.24, 2.45) is 5.73 Å². The van der Waals surface area contributed by atoms with E-state index in [1.807, 2.05) is 17.9 Å². The number of carbonyl (C=O) groups excluding carboxylic acids is 2. The molecule has 0 aliphatic carbocycles. The lowest BCUT2D eigenvalue weighted by Gasteiger charge is -2.31. The topological polar surface area (TPSA) is 106 Å². The van der Waals surface area contributed by atoms with Crippen molar-refractivity contribution >= 4 is 22.8 Å². The Labute approximate surface area is 140 Å². The van der Waals surface area contributed by atoms with Crippen LogP contribution in [0.1, 0.15) is 30.1 Å². The van der Waals surface area contributed by atoms with Crippen LogP contribution in [-0.2, 0) is 11.3 Å². The maximum absolute atomic E-state index is 12.4. The Morgan fingerprint density at radius 1 is 1.33 bits per heavy atom. The highest BCUT2D eigenvalue weighted by atomic mass is 16.2. The molecule has 0 bridgehead atoms. The molecule has 1 aliphatic heterocycles. The molecule has 0 unspecified atom stereocenters. The zero-order valence-corrected chi connectivity index (χ0v) is 13.7. The van der Waals surface area contributed by atoms with Gasteiger partial charge in [-0.25, -0.2) is 4.68 Å². The molecule has 0 atom stereocenters. The van der Waals surface area contributed by atoms with Crippen LogP contribution in [0.4, 0.5) is 0 Å². The van der Waals surface area contributed by atoms with E-state index >= 15 is 0 Å². The Morgan fingerprint density at radius 3 is 2.75 bits per heavy atom. The van der Waals surface area contributed by atoms with Crippen molar-refractivity contribution in [2.45, 2.75) is 32.4 Å². The molecule has 3 N–H and O–H groups in total. The third-order valence-electron chi connectivity index (χ3n) is 4.38. The molecule has 1 aromatic carbocycles. The van der Waals surface area contributed by atoms with E-state index in [1.54, 1.807) is 16.8 Å². The molecule has 8 nitrogen and oxygen atoms in total. The first-order valence-electron chi connectivity index (χ1n) is 8.21. The predicted molar refractivity (Wildman–Crippen MR) is 89.3 cm³/mol. The first-order valence-corrected chi connectivity index (χ1v) is 8.21. The number of benzene rings is 1. The van der Waals surface area contributed by atoms with Gasteiger partial charge in [0.15, 0.2) is 0 Å². The van der Waals surface area contributed by atoms with E-state index in [0.29, 0.717) is 5.56 Å². The van der Waals surface area contributed by atoms with Crippen LogP contribution in [0.5, 0.6) is 0 Å². The lowest BCUT2D eigenvalue weighted by atomic mass is 10.0. The van der Waals surface area contributed by atoms with Gasteiger partial charge in [-0.15, -0.1) is 5.10 Å². The minimum atomic E-state index is -0.314. The summed E-state index contributed by atoms with van der Waals surface area (Å²) < 4.78 is 1.80. The van der Waals surface area contributed by atoms with Gasteiger partial charge < -0.3 is 11.1 Å². The number of carbonyl (C=O) groups is 2. The van der Waals surface area contributed by atoms with Gasteiger partial charge in [0.2, 0.25) is 5.91 Å². The lowest BCUT2D eigenvalue weighted by molar-refractivity contribution is -0.119. The van der Waals surface area contributed by atoms with Gasteiger partial charge in [0.25, 0.3) is 5.91 Å². The van der Waals surface area contributed by atoms with Gasteiger partial charge in [-0.05, 0) is 38.0 Å². The van der Waals surface area contributed by atoms with Gasteiger partial charge in [-0.1, -0.05) is 5.21 Å². The third kappa shape index (κ3) is 3.53. The van der Waals surface area contributed by atoms with Crippen LogP contribution in [-0.4, -0.2) is 57.4 Å². The fourth-order valence-electron chi connectivity index (χ4n) is 3.07. The average Bonchev–Trinajstić information content (AvgIpc) is 2.98. The van der Waals surface area contributed by atoms with Crippen molar-refractivity contribution in [3.63, 3.8) is 0 Å². The number of aromatic nitrogens is 3. The summed E-state index contributed by atoms with van der Waals surface area (Å²) in [6, 6.07) is 5.56. The van der Waals surface area contributed by atoms with Crippen molar-refractivity contribution in [1.82, 2.24) is 25.2 Å². The quantitative estimate of drug-likeness (QED) is 0.810. The number of nitrogens with zero attached hydrogens (tertiary/aromatic N) is 4. The number of likely N-dealkylation sites (tertiary alicyclic amines) is 1. The molecule has 1 fully saturated rings. The smallest absolute Gasteiger partial charge is 0.251 e. The molecule has 1 aromatic heterocycles. The summed E-state index contributed by atoms with van der Waals surface area (Å²) >= 11 is 0. The maximum Gasteiger partial charge on any atom is 0.251 e. The highest BCUT2D eigenvalue weighted by molar-refractivity contribution is 5.97. The fraction of sp³-hybridized carbons (Fsp3) is 0.500. The molecule has 0 spiro atoms. The Hall–Kier alpha value is -2.48. The summed E-state index contributed by atoms with van der Waals surface area (Å²) in [6.07, 6.45) is 1.63. The van der Waals surface area contributed by atoms with Crippen LogP contribution < -0.4 is 11.1 Å². The Morgan fingerprint density at radius 2 is 2.08 bits per heavy atom. The summed E-state index contributed by atoms with van der Waals surface area (Å²) in [5, 5.41) is 11.2. The molecule has 128 valence electrons. The SMILES string of the molecule is CCn1nnc2cc(C(=O)NC3CCN(CC(N)=O)CC3)ccc21. The minimum Gasteiger partial charge on any atom is -0.369 e. The molecule has 1 saturated heterocycles. The fourth-order valence-corrected chi connectivity index (χ4v) is 3.07. The number of nitrogens with one attached hydrogen (secondary N) is 1. The van der Waals surface area contributed by atoms with Gasteiger partial charge in [0.05, 0.1) is 12.1 Å². The summed E-state index contributed by atoms with van der Waals surface area (Å²) in [6.45, 7) is 4.55. The standard InChI is InChI=1S/C16H22N6O2/c1-2-22-14-4-3-11(9-13(14)19-20-22)16(24)18-12-5-7-21(8-6-12)10-15(17)23/h3-4,9,12H,2,5-8,10H2,1H3,(H2,17,23)(H,18,24). The number of hydrogen-bond acceptors (Lipinski definition) is 5. The van der Waals surface area contributed by atoms with E-state index in [4.69, 9.17) is 5.73 Å². The van der Waals surface area contributed by atoms with E-state index in [2.05, 4.69) is 15.6 Å². The van der Waals surface area contributed by atoms with E-state index in [-0.39, 0.29) is 24.4 Å². The number of rotatable bonds is 5. The number of amides is 2. The number of nitrogens with two attached hydrogens (primary N) is 1. The second-order valence-electron chi connectivity index (χ2n) is 6.10. The monoisotopic (exact) mass is 330 g/mol. The zero-order valence-electron chi connectivity index (χ0n) is 13.7. The Kier molecular flexibility index (Phi) is 4.75. The van der Waals surface area contributed by atoms with Gasteiger partial charge >= 0.3 is 0 Å². The van der Waals surface area contributed by atoms with Gasteiger partial charge in [-0.2, -0.15) is 0 Å². The van der Waals surface area contributed by atoms with E-state index < -0.39 is 0 Å². The largest absolute Gasteiger partial charge is 0.369 e. The molecule has 8 heteroatoms. The van der Waals surface area contributed by atoms with Crippen LogP contribution in [0.25, 0.3) is 11.0 Å². The molecular weight excluding hydrogens is 308 g/mol. The highest BCUT2D eigenvalue weighted by Gasteiger charge is 2.22. The van der Waals surface area contributed by atoms with E-state index in [1.165, 1.54) is 0 Å². The van der Waals surface area contributed by atoms with Crippen molar-refractivity contribution in [1.29, 1.82) is 0 Å².